The van der Waals surface area contributed by atoms with Gasteiger partial charge in [-0.3, -0.25) is 0 Å². The summed E-state index contributed by atoms with van der Waals surface area (Å²) in [5.41, 5.74) is -1.18. The van der Waals surface area contributed by atoms with Gasteiger partial charge < -0.3 is 10.4 Å². The molecule has 0 atom stereocenters. The molecular weight excluding hydrogens is 367 g/mol. The number of halogens is 3. The Morgan fingerprint density at radius 3 is 2.67 bits per heavy atom. The number of hydrogen-bond acceptors (Lipinski definition) is 6. The summed E-state index contributed by atoms with van der Waals surface area (Å²) in [6.07, 6.45) is -3.93. The molecule has 0 aliphatic carbocycles. The molecular formula is C13H14F3N3O3S2. The first-order valence-electron chi connectivity index (χ1n) is 6.68. The number of rotatable bonds is 7. The zero-order valence-corrected chi connectivity index (χ0v) is 13.8. The molecule has 0 aliphatic rings. The van der Waals surface area contributed by atoms with Gasteiger partial charge in [0.1, 0.15) is 10.7 Å². The van der Waals surface area contributed by atoms with Gasteiger partial charge in [0.25, 0.3) is 0 Å². The van der Waals surface area contributed by atoms with Crippen LogP contribution in [0.3, 0.4) is 0 Å². The topological polar surface area (TPSA) is 91.3 Å². The fourth-order valence-electron chi connectivity index (χ4n) is 1.80. The number of aliphatic hydroxyl groups excluding tert-OH is 1. The molecule has 0 radical (unpaired) electrons. The highest BCUT2D eigenvalue weighted by atomic mass is 32.2. The number of thiophene rings is 1. The summed E-state index contributed by atoms with van der Waals surface area (Å²) in [7, 11) is -4.18. The number of aromatic nitrogens is 1. The second-order valence-electron chi connectivity index (χ2n) is 4.62. The van der Waals surface area contributed by atoms with Crippen LogP contribution in [0.1, 0.15) is 10.4 Å². The van der Waals surface area contributed by atoms with Crippen LogP contribution >= 0.6 is 11.3 Å². The number of nitrogens with zero attached hydrogens (tertiary/aromatic N) is 1. The lowest BCUT2D eigenvalue weighted by Crippen LogP contribution is -2.27. The fraction of sp³-hybridized carbons (Fsp3) is 0.308. The Bertz CT molecular complexity index is 777. The molecule has 0 fully saturated rings. The molecule has 0 bridgehead atoms. The van der Waals surface area contributed by atoms with Crippen molar-refractivity contribution in [2.75, 3.05) is 18.5 Å². The zero-order valence-electron chi connectivity index (χ0n) is 12.2. The van der Waals surface area contributed by atoms with Crippen molar-refractivity contribution in [2.45, 2.75) is 17.6 Å². The van der Waals surface area contributed by atoms with E-state index in [0.29, 0.717) is 6.07 Å². The van der Waals surface area contributed by atoms with E-state index in [1.165, 1.54) is 11.3 Å². The number of hydrogen-bond donors (Lipinski definition) is 3. The lowest BCUT2D eigenvalue weighted by molar-refractivity contribution is -0.137. The fourth-order valence-corrected chi connectivity index (χ4v) is 3.43. The largest absolute Gasteiger partial charge is 0.419 e. The molecule has 2 rings (SSSR count). The third-order valence-corrected chi connectivity index (χ3v) is 5.20. The Balaban J connectivity index is 2.32. The maximum Gasteiger partial charge on any atom is 0.419 e. The molecule has 2 aromatic heterocycles. The van der Waals surface area contributed by atoms with Crippen LogP contribution in [0, 0.1) is 0 Å². The molecule has 24 heavy (non-hydrogen) atoms. The van der Waals surface area contributed by atoms with Gasteiger partial charge in [0, 0.05) is 17.6 Å². The van der Waals surface area contributed by atoms with Crippen molar-refractivity contribution < 1.29 is 26.7 Å². The predicted molar refractivity (Wildman–Crippen MR) is 83.2 cm³/mol. The minimum absolute atomic E-state index is 0.141. The van der Waals surface area contributed by atoms with E-state index < -0.39 is 39.1 Å². The second kappa shape index (κ2) is 7.47. The number of anilines is 1. The molecule has 2 heterocycles. The van der Waals surface area contributed by atoms with E-state index in [4.69, 9.17) is 5.11 Å². The minimum Gasteiger partial charge on any atom is -0.395 e. The highest BCUT2D eigenvalue weighted by molar-refractivity contribution is 7.89. The number of sulfonamides is 1. The lowest BCUT2D eigenvalue weighted by atomic mass is 10.2. The maximum atomic E-state index is 13.2. The van der Waals surface area contributed by atoms with Crippen LogP contribution in [0.2, 0.25) is 0 Å². The summed E-state index contributed by atoms with van der Waals surface area (Å²) in [5.74, 6) is -0.447. The van der Waals surface area contributed by atoms with E-state index in [1.54, 1.807) is 17.5 Å². The summed E-state index contributed by atoms with van der Waals surface area (Å²) >= 11 is 1.37. The molecule has 6 nitrogen and oxygen atoms in total. The van der Waals surface area contributed by atoms with Crippen molar-refractivity contribution >= 4 is 27.2 Å². The second-order valence-corrected chi connectivity index (χ2v) is 7.42. The van der Waals surface area contributed by atoms with E-state index in [0.717, 1.165) is 11.1 Å². The highest BCUT2D eigenvalue weighted by Gasteiger charge is 2.36. The van der Waals surface area contributed by atoms with Gasteiger partial charge in [0.2, 0.25) is 10.0 Å². The van der Waals surface area contributed by atoms with E-state index in [1.807, 2.05) is 4.72 Å². The Morgan fingerprint density at radius 1 is 1.33 bits per heavy atom. The van der Waals surface area contributed by atoms with E-state index >= 15 is 0 Å². The van der Waals surface area contributed by atoms with Gasteiger partial charge in [-0.25, -0.2) is 18.1 Å². The monoisotopic (exact) mass is 381 g/mol. The van der Waals surface area contributed by atoms with Gasteiger partial charge in [0.15, 0.2) is 0 Å². The van der Waals surface area contributed by atoms with Crippen LogP contribution in [-0.2, 0) is 22.7 Å². The smallest absolute Gasteiger partial charge is 0.395 e. The van der Waals surface area contributed by atoms with Gasteiger partial charge in [-0.05, 0) is 17.5 Å². The number of aliphatic hydroxyl groups is 1. The van der Waals surface area contributed by atoms with Gasteiger partial charge >= 0.3 is 6.18 Å². The summed E-state index contributed by atoms with van der Waals surface area (Å²) in [6, 6.07) is 4.04. The van der Waals surface area contributed by atoms with Crippen LogP contribution in [0.4, 0.5) is 19.0 Å². The molecule has 0 unspecified atom stereocenters. The van der Waals surface area contributed by atoms with Gasteiger partial charge in [0.05, 0.1) is 18.7 Å². The van der Waals surface area contributed by atoms with Gasteiger partial charge in [-0.2, -0.15) is 13.2 Å². The Kier molecular flexibility index (Phi) is 5.80. The SMILES string of the molecule is O=S(=O)(NCCO)c1cnc(NCc2cccs2)c(C(F)(F)F)c1. The molecule has 0 saturated carbocycles. The van der Waals surface area contributed by atoms with Crippen LogP contribution in [0.25, 0.3) is 0 Å². The zero-order chi connectivity index (χ0) is 17.8. The first-order valence-corrected chi connectivity index (χ1v) is 9.04. The summed E-state index contributed by atoms with van der Waals surface area (Å²) in [5, 5.41) is 13.0. The normalized spacial score (nSPS) is 12.3. The summed E-state index contributed by atoms with van der Waals surface area (Å²) < 4.78 is 65.3. The maximum absolute atomic E-state index is 13.2. The molecule has 0 amide bonds. The van der Waals surface area contributed by atoms with Crippen LogP contribution in [-0.4, -0.2) is 31.7 Å². The highest BCUT2D eigenvalue weighted by Crippen LogP contribution is 2.35. The van der Waals surface area contributed by atoms with Crippen LogP contribution < -0.4 is 10.0 Å². The van der Waals surface area contributed by atoms with Crippen LogP contribution in [0.5, 0.6) is 0 Å². The van der Waals surface area contributed by atoms with E-state index in [2.05, 4.69) is 10.3 Å². The molecule has 11 heteroatoms. The molecule has 0 aliphatic heterocycles. The molecule has 0 aromatic carbocycles. The summed E-state index contributed by atoms with van der Waals surface area (Å²) in [6.45, 7) is -0.635. The lowest BCUT2D eigenvalue weighted by Gasteiger charge is -2.15. The van der Waals surface area contributed by atoms with Crippen molar-refractivity contribution in [3.63, 3.8) is 0 Å². The average Bonchev–Trinajstić information content (AvgIpc) is 3.03. The number of nitrogens with one attached hydrogen (secondary N) is 2. The van der Waals surface area contributed by atoms with Crippen molar-refractivity contribution in [1.29, 1.82) is 0 Å². The third kappa shape index (κ3) is 4.66. The van der Waals surface area contributed by atoms with E-state index in [-0.39, 0.29) is 13.1 Å². The minimum atomic E-state index is -4.77. The molecule has 0 saturated heterocycles. The third-order valence-electron chi connectivity index (χ3n) is 2.89. The first-order chi connectivity index (χ1) is 11.2. The van der Waals surface area contributed by atoms with Gasteiger partial charge in [-0.1, -0.05) is 6.07 Å². The molecule has 2 aromatic rings. The summed E-state index contributed by atoms with van der Waals surface area (Å²) in [4.78, 5) is 3.80. The molecule has 0 spiro atoms. The van der Waals surface area contributed by atoms with E-state index in [9.17, 15) is 21.6 Å². The standard InChI is InChI=1S/C13H14F3N3O3S2/c14-13(15,16)11-6-10(24(21,22)19-3-4-20)8-18-12(11)17-7-9-2-1-5-23-9/h1-2,5-6,8,19-20H,3-4,7H2,(H,17,18). The Labute approximate surface area is 140 Å². The van der Waals surface area contributed by atoms with Crippen molar-refractivity contribution in [2.24, 2.45) is 0 Å². The number of pyridine rings is 1. The number of alkyl halides is 3. The molecule has 132 valence electrons. The quantitative estimate of drug-likeness (QED) is 0.683. The Hall–Kier alpha value is -1.69. The van der Waals surface area contributed by atoms with Crippen molar-refractivity contribution in [3.8, 4) is 0 Å². The molecule has 3 N–H and O–H groups in total. The van der Waals surface area contributed by atoms with Crippen molar-refractivity contribution in [3.05, 3.63) is 40.2 Å². The average molecular weight is 381 g/mol. The Morgan fingerprint density at radius 2 is 2.08 bits per heavy atom. The predicted octanol–water partition coefficient (Wildman–Crippen LogP) is 2.04. The first kappa shape index (κ1) is 18.6. The van der Waals surface area contributed by atoms with Crippen molar-refractivity contribution in [1.82, 2.24) is 9.71 Å². The van der Waals surface area contributed by atoms with Crippen LogP contribution in [0.15, 0.2) is 34.7 Å². The van der Waals surface area contributed by atoms with Gasteiger partial charge in [-0.15, -0.1) is 11.3 Å².